The number of aliphatic hydroxyl groups is 1. The van der Waals surface area contributed by atoms with Gasteiger partial charge in [0.1, 0.15) is 4.21 Å². The molecule has 1 N–H and O–H groups in total. The highest BCUT2D eigenvalue weighted by Gasteiger charge is 2.25. The van der Waals surface area contributed by atoms with Gasteiger partial charge in [-0.05, 0) is 24.3 Å². The Morgan fingerprint density at radius 2 is 2.10 bits per heavy atom. The molecule has 0 amide bonds. The molecule has 2 aromatic heterocycles. The van der Waals surface area contributed by atoms with Gasteiger partial charge in [-0.25, -0.2) is 8.42 Å². The second-order valence-corrected chi connectivity index (χ2v) is 7.46. The van der Waals surface area contributed by atoms with Gasteiger partial charge in [0, 0.05) is 17.6 Å². The van der Waals surface area contributed by atoms with Crippen LogP contribution in [0.3, 0.4) is 0 Å². The average molecular weight is 312 g/mol. The Kier molecular flexibility index (Phi) is 4.87. The number of thiophene rings is 1. The normalized spacial score (nSPS) is 11.9. The van der Waals surface area contributed by atoms with Crippen molar-refractivity contribution in [2.75, 3.05) is 6.54 Å². The van der Waals surface area contributed by atoms with E-state index in [2.05, 4.69) is 4.98 Å². The van der Waals surface area contributed by atoms with Crippen LogP contribution in [0, 0.1) is 0 Å². The monoisotopic (exact) mass is 312 g/mol. The van der Waals surface area contributed by atoms with Crippen LogP contribution in [0.15, 0.2) is 40.7 Å². The lowest BCUT2D eigenvalue weighted by atomic mass is 10.3. The van der Waals surface area contributed by atoms with Gasteiger partial charge in [0.2, 0.25) is 0 Å². The van der Waals surface area contributed by atoms with E-state index >= 15 is 0 Å². The molecule has 5 nitrogen and oxygen atoms in total. The van der Waals surface area contributed by atoms with E-state index in [1.807, 2.05) is 6.07 Å². The van der Waals surface area contributed by atoms with Crippen LogP contribution in [0.25, 0.3) is 0 Å². The molecule has 2 rings (SSSR count). The molecule has 0 aliphatic carbocycles. The molecule has 2 aromatic rings. The molecule has 7 heteroatoms. The van der Waals surface area contributed by atoms with E-state index in [4.69, 9.17) is 5.11 Å². The molecule has 2 heterocycles. The summed E-state index contributed by atoms with van der Waals surface area (Å²) in [5.74, 6) is 0. The maximum atomic E-state index is 12.5. The van der Waals surface area contributed by atoms with Crippen molar-refractivity contribution in [2.24, 2.45) is 0 Å². The summed E-state index contributed by atoms with van der Waals surface area (Å²) in [4.78, 5) is 4.79. The van der Waals surface area contributed by atoms with E-state index in [1.165, 1.54) is 10.4 Å². The summed E-state index contributed by atoms with van der Waals surface area (Å²) in [6.45, 7) is 2.25. The van der Waals surface area contributed by atoms with Crippen molar-refractivity contribution in [3.05, 3.63) is 47.1 Å². The summed E-state index contributed by atoms with van der Waals surface area (Å²) in [5.41, 5.74) is 0.705. The summed E-state index contributed by atoms with van der Waals surface area (Å²) >= 11 is 1.09. The van der Waals surface area contributed by atoms with Crippen molar-refractivity contribution >= 4 is 21.4 Å². The molecule has 20 heavy (non-hydrogen) atoms. The molecule has 108 valence electrons. The molecule has 0 spiro atoms. The third kappa shape index (κ3) is 3.24. The lowest BCUT2D eigenvalue weighted by molar-refractivity contribution is 0.285. The van der Waals surface area contributed by atoms with Crippen LogP contribution in [0.5, 0.6) is 0 Å². The number of hydrogen-bond donors (Lipinski definition) is 1. The van der Waals surface area contributed by atoms with Gasteiger partial charge in [-0.1, -0.05) is 13.0 Å². The van der Waals surface area contributed by atoms with Crippen molar-refractivity contribution in [3.63, 3.8) is 0 Å². The van der Waals surface area contributed by atoms with Gasteiger partial charge in [-0.2, -0.15) is 4.31 Å². The molecule has 0 atom stereocenters. The van der Waals surface area contributed by atoms with Gasteiger partial charge in [0.25, 0.3) is 10.0 Å². The van der Waals surface area contributed by atoms with Crippen LogP contribution in [-0.2, 0) is 23.2 Å². The van der Waals surface area contributed by atoms with E-state index in [9.17, 15) is 8.42 Å². The number of aromatic nitrogens is 1. The summed E-state index contributed by atoms with van der Waals surface area (Å²) in [6.07, 6.45) is 1.64. The minimum atomic E-state index is -3.54. The number of nitrogens with zero attached hydrogens (tertiary/aromatic N) is 2. The molecular weight excluding hydrogens is 296 g/mol. The molecule has 0 aliphatic heterocycles. The first-order valence-corrected chi connectivity index (χ1v) is 8.43. The Hall–Kier alpha value is -1.28. The Morgan fingerprint density at radius 1 is 1.30 bits per heavy atom. The van der Waals surface area contributed by atoms with E-state index < -0.39 is 10.0 Å². The molecule has 0 bridgehead atoms. The molecule has 0 radical (unpaired) electrons. The zero-order chi connectivity index (χ0) is 14.6. The van der Waals surface area contributed by atoms with Crippen LogP contribution in [0.2, 0.25) is 0 Å². The predicted octanol–water partition coefficient (Wildman–Crippen LogP) is 1.85. The Morgan fingerprint density at radius 3 is 2.65 bits per heavy atom. The zero-order valence-electron chi connectivity index (χ0n) is 11.1. The van der Waals surface area contributed by atoms with Gasteiger partial charge in [-0.15, -0.1) is 11.3 Å². The van der Waals surface area contributed by atoms with E-state index in [0.717, 1.165) is 11.3 Å². The van der Waals surface area contributed by atoms with Crippen LogP contribution >= 0.6 is 11.3 Å². The van der Waals surface area contributed by atoms with Crippen LogP contribution in [0.1, 0.15) is 17.5 Å². The molecule has 0 aromatic carbocycles. The first-order valence-electron chi connectivity index (χ1n) is 6.17. The second-order valence-electron chi connectivity index (χ2n) is 4.13. The quantitative estimate of drug-likeness (QED) is 0.883. The van der Waals surface area contributed by atoms with E-state index in [-0.39, 0.29) is 17.4 Å². The number of sulfonamides is 1. The van der Waals surface area contributed by atoms with E-state index in [1.54, 1.807) is 31.3 Å². The number of rotatable bonds is 6. The highest BCUT2D eigenvalue weighted by molar-refractivity contribution is 7.91. The third-order valence-corrected chi connectivity index (χ3v) is 6.26. The van der Waals surface area contributed by atoms with Gasteiger partial charge in [0.15, 0.2) is 0 Å². The Balaban J connectivity index is 2.25. The Bertz CT molecular complexity index is 653. The van der Waals surface area contributed by atoms with Crippen molar-refractivity contribution in [2.45, 2.75) is 24.3 Å². The number of pyridine rings is 1. The maximum Gasteiger partial charge on any atom is 0.252 e. The fraction of sp³-hybridized carbons (Fsp3) is 0.308. The van der Waals surface area contributed by atoms with Gasteiger partial charge in [-0.3, -0.25) is 4.98 Å². The Labute approximate surface area is 122 Å². The number of aliphatic hydroxyl groups excluding tert-OH is 1. The molecule has 0 fully saturated rings. The van der Waals surface area contributed by atoms with Crippen molar-refractivity contribution in [1.82, 2.24) is 9.29 Å². The fourth-order valence-electron chi connectivity index (χ4n) is 1.75. The third-order valence-electron chi connectivity index (χ3n) is 2.80. The minimum absolute atomic E-state index is 0.146. The lowest BCUT2D eigenvalue weighted by Gasteiger charge is -2.19. The lowest BCUT2D eigenvalue weighted by Crippen LogP contribution is -2.30. The highest BCUT2D eigenvalue weighted by Crippen LogP contribution is 2.25. The second kappa shape index (κ2) is 6.45. The zero-order valence-corrected chi connectivity index (χ0v) is 12.7. The van der Waals surface area contributed by atoms with Crippen molar-refractivity contribution in [3.8, 4) is 0 Å². The smallest absolute Gasteiger partial charge is 0.252 e. The van der Waals surface area contributed by atoms with E-state index in [0.29, 0.717) is 17.1 Å². The van der Waals surface area contributed by atoms with Crippen LogP contribution in [0.4, 0.5) is 0 Å². The predicted molar refractivity (Wildman–Crippen MR) is 77.7 cm³/mol. The highest BCUT2D eigenvalue weighted by atomic mass is 32.2. The van der Waals surface area contributed by atoms with Crippen molar-refractivity contribution < 1.29 is 13.5 Å². The molecule has 0 saturated carbocycles. The minimum Gasteiger partial charge on any atom is -0.391 e. The first-order chi connectivity index (χ1) is 9.57. The topological polar surface area (TPSA) is 70.5 Å². The molecule has 0 saturated heterocycles. The molecular formula is C13H16N2O3S2. The van der Waals surface area contributed by atoms with Gasteiger partial charge < -0.3 is 5.11 Å². The van der Waals surface area contributed by atoms with Gasteiger partial charge in [0.05, 0.1) is 18.8 Å². The van der Waals surface area contributed by atoms with Crippen molar-refractivity contribution in [1.29, 1.82) is 0 Å². The standard InChI is InChI=1S/C13H16N2O3S2/c1-2-15(9-11-5-3-4-8-14-11)20(17,18)13-7-6-12(10-16)19-13/h3-8,16H,2,9-10H2,1H3. The first kappa shape index (κ1) is 15.1. The largest absolute Gasteiger partial charge is 0.391 e. The molecule has 0 aliphatic rings. The number of hydrogen-bond acceptors (Lipinski definition) is 5. The maximum absolute atomic E-state index is 12.5. The average Bonchev–Trinajstić information content (AvgIpc) is 2.95. The summed E-state index contributed by atoms with van der Waals surface area (Å²) < 4.78 is 26.7. The summed E-state index contributed by atoms with van der Waals surface area (Å²) in [5, 5.41) is 9.04. The molecule has 0 unspecified atom stereocenters. The summed E-state index contributed by atoms with van der Waals surface area (Å²) in [6, 6.07) is 8.59. The summed E-state index contributed by atoms with van der Waals surface area (Å²) in [7, 11) is -3.54. The van der Waals surface area contributed by atoms with Gasteiger partial charge >= 0.3 is 0 Å². The fourth-order valence-corrected chi connectivity index (χ4v) is 4.54. The SMILES string of the molecule is CCN(Cc1ccccn1)S(=O)(=O)c1ccc(CO)s1. The van der Waals surface area contributed by atoms with Crippen LogP contribution < -0.4 is 0 Å². The van der Waals surface area contributed by atoms with Crippen LogP contribution in [-0.4, -0.2) is 29.4 Å².